The number of methoxy groups -OCH3 is 1. The van der Waals surface area contributed by atoms with Gasteiger partial charge in [-0.15, -0.1) is 0 Å². The summed E-state index contributed by atoms with van der Waals surface area (Å²) in [5.41, 5.74) is 0.682. The molecule has 5 nitrogen and oxygen atoms in total. The van der Waals surface area contributed by atoms with E-state index in [4.69, 9.17) is 16.3 Å². The van der Waals surface area contributed by atoms with Crippen molar-refractivity contribution in [2.45, 2.75) is 45.4 Å². The largest absolute Gasteiger partial charge is 0.376 e. The Kier molecular flexibility index (Phi) is 7.13. The molecular weight excluding hydrogens is 288 g/mol. The van der Waals surface area contributed by atoms with Gasteiger partial charge in [-0.25, -0.2) is 0 Å². The van der Waals surface area contributed by atoms with Crippen molar-refractivity contribution in [2.75, 3.05) is 34.3 Å². The molecule has 0 radical (unpaired) electrons. The van der Waals surface area contributed by atoms with E-state index in [9.17, 15) is 0 Å². The van der Waals surface area contributed by atoms with Gasteiger partial charge in [0.15, 0.2) is 0 Å². The Morgan fingerprint density at radius 3 is 2.62 bits per heavy atom. The van der Waals surface area contributed by atoms with Crippen LogP contribution in [0.1, 0.15) is 38.9 Å². The van der Waals surface area contributed by atoms with Crippen LogP contribution in [0.25, 0.3) is 0 Å². The lowest BCUT2D eigenvalue weighted by atomic mass is 9.90. The fraction of sp³-hybridized carbons (Fsp3) is 0.800. The van der Waals surface area contributed by atoms with Crippen LogP contribution in [-0.4, -0.2) is 54.6 Å². The number of hydrogen-bond donors (Lipinski definition) is 1. The molecule has 1 aromatic rings. The van der Waals surface area contributed by atoms with E-state index in [2.05, 4.69) is 50.2 Å². The quantitative estimate of drug-likeness (QED) is 0.760. The molecule has 0 aliphatic carbocycles. The maximum atomic E-state index is 6.42. The van der Waals surface area contributed by atoms with E-state index in [-0.39, 0.29) is 11.6 Å². The molecule has 2 unspecified atom stereocenters. The van der Waals surface area contributed by atoms with Gasteiger partial charge in [0.05, 0.1) is 35.1 Å². The summed E-state index contributed by atoms with van der Waals surface area (Å²) in [4.78, 5) is 2.14. The first kappa shape index (κ1) is 18.4. The molecule has 6 heteroatoms. The van der Waals surface area contributed by atoms with E-state index in [1.54, 1.807) is 13.3 Å². The summed E-state index contributed by atoms with van der Waals surface area (Å²) in [6.07, 6.45) is 2.61. The van der Waals surface area contributed by atoms with Crippen LogP contribution in [0, 0.1) is 0 Å². The molecule has 2 atom stereocenters. The van der Waals surface area contributed by atoms with Crippen molar-refractivity contribution in [1.29, 1.82) is 0 Å². The molecule has 1 rings (SSSR count). The number of likely N-dealkylation sites (N-methyl/N-ethyl adjacent to an activating group) is 2. The van der Waals surface area contributed by atoms with Crippen molar-refractivity contribution in [1.82, 2.24) is 20.0 Å². The summed E-state index contributed by atoms with van der Waals surface area (Å²) >= 11 is 6.42. The van der Waals surface area contributed by atoms with Crippen molar-refractivity contribution in [3.8, 4) is 0 Å². The molecule has 21 heavy (non-hydrogen) atoms. The predicted octanol–water partition coefficient (Wildman–Crippen LogP) is 2.56. The predicted molar refractivity (Wildman–Crippen MR) is 87.9 cm³/mol. The maximum Gasteiger partial charge on any atom is 0.0857 e. The smallest absolute Gasteiger partial charge is 0.0857 e. The second-order valence-electron chi connectivity index (χ2n) is 5.77. The SMILES string of the molecule is CCNC(c1c(Cl)cnn1CCN(C)C)C(C)(CC)OC. The van der Waals surface area contributed by atoms with Gasteiger partial charge in [0, 0.05) is 13.7 Å². The highest BCUT2D eigenvalue weighted by atomic mass is 35.5. The summed E-state index contributed by atoms with van der Waals surface area (Å²) < 4.78 is 7.78. The monoisotopic (exact) mass is 316 g/mol. The molecule has 1 heterocycles. The number of nitrogens with zero attached hydrogens (tertiary/aromatic N) is 3. The number of ether oxygens (including phenoxy) is 1. The van der Waals surface area contributed by atoms with Gasteiger partial charge in [-0.1, -0.05) is 25.4 Å². The van der Waals surface area contributed by atoms with Crippen LogP contribution >= 0.6 is 11.6 Å². The molecule has 0 amide bonds. The number of nitrogens with one attached hydrogen (secondary N) is 1. The molecule has 0 aliphatic heterocycles. The Labute approximate surface area is 133 Å². The highest BCUT2D eigenvalue weighted by molar-refractivity contribution is 6.31. The minimum absolute atomic E-state index is 0.00895. The molecular formula is C15H29ClN4O. The Morgan fingerprint density at radius 1 is 1.48 bits per heavy atom. The topological polar surface area (TPSA) is 42.3 Å². The zero-order valence-corrected chi connectivity index (χ0v) is 14.9. The van der Waals surface area contributed by atoms with Gasteiger partial charge in [-0.05, 0) is 34.0 Å². The second-order valence-corrected chi connectivity index (χ2v) is 6.17. The number of aromatic nitrogens is 2. The van der Waals surface area contributed by atoms with E-state index in [1.807, 2.05) is 4.68 Å². The Morgan fingerprint density at radius 2 is 2.14 bits per heavy atom. The van der Waals surface area contributed by atoms with E-state index in [0.29, 0.717) is 5.02 Å². The number of halogens is 1. The molecule has 122 valence electrons. The highest BCUT2D eigenvalue weighted by Gasteiger charge is 2.37. The number of rotatable bonds is 9. The molecule has 0 aromatic carbocycles. The first-order valence-corrected chi connectivity index (χ1v) is 7.91. The van der Waals surface area contributed by atoms with Crippen molar-refractivity contribution in [3.63, 3.8) is 0 Å². The van der Waals surface area contributed by atoms with Gasteiger partial charge in [-0.3, -0.25) is 4.68 Å². The Balaban J connectivity index is 3.15. The summed E-state index contributed by atoms with van der Waals surface area (Å²) in [6.45, 7) is 8.90. The zero-order chi connectivity index (χ0) is 16.0. The van der Waals surface area contributed by atoms with Crippen LogP contribution in [0.2, 0.25) is 5.02 Å². The summed E-state index contributed by atoms with van der Waals surface area (Å²) in [5, 5.41) is 8.64. The maximum absolute atomic E-state index is 6.42. The molecule has 0 saturated heterocycles. The van der Waals surface area contributed by atoms with E-state index >= 15 is 0 Å². The van der Waals surface area contributed by atoms with E-state index < -0.39 is 0 Å². The fourth-order valence-corrected chi connectivity index (χ4v) is 2.65. The molecule has 1 aromatic heterocycles. The highest BCUT2D eigenvalue weighted by Crippen LogP contribution is 2.35. The van der Waals surface area contributed by atoms with E-state index in [1.165, 1.54) is 0 Å². The van der Waals surface area contributed by atoms with Crippen molar-refractivity contribution >= 4 is 11.6 Å². The Bertz CT molecular complexity index is 429. The number of hydrogen-bond acceptors (Lipinski definition) is 4. The summed E-state index contributed by atoms with van der Waals surface area (Å²) in [7, 11) is 5.86. The van der Waals surface area contributed by atoms with Crippen molar-refractivity contribution in [3.05, 3.63) is 16.9 Å². The van der Waals surface area contributed by atoms with Gasteiger partial charge in [0.25, 0.3) is 0 Å². The first-order valence-electron chi connectivity index (χ1n) is 7.54. The van der Waals surface area contributed by atoms with Crippen LogP contribution in [-0.2, 0) is 11.3 Å². The lowest BCUT2D eigenvalue weighted by Crippen LogP contribution is -2.44. The van der Waals surface area contributed by atoms with Gasteiger partial charge >= 0.3 is 0 Å². The standard InChI is InChI=1S/C15H29ClN4O/c1-7-15(3,21-6)14(17-8-2)13-12(16)11-18-20(13)10-9-19(4)5/h11,14,17H,7-10H2,1-6H3. The third-order valence-electron chi connectivity index (χ3n) is 4.05. The fourth-order valence-electron chi connectivity index (χ4n) is 2.40. The molecule has 1 N–H and O–H groups in total. The molecule has 0 bridgehead atoms. The second kappa shape index (κ2) is 8.13. The van der Waals surface area contributed by atoms with Crippen LogP contribution < -0.4 is 5.32 Å². The third kappa shape index (κ3) is 4.42. The van der Waals surface area contributed by atoms with Gasteiger partial charge in [0.2, 0.25) is 0 Å². The summed E-state index contributed by atoms with van der Waals surface area (Å²) in [5.74, 6) is 0. The zero-order valence-electron chi connectivity index (χ0n) is 14.1. The van der Waals surface area contributed by atoms with Gasteiger partial charge in [0.1, 0.15) is 0 Å². The first-order chi connectivity index (χ1) is 9.89. The molecule has 0 spiro atoms. The lowest BCUT2D eigenvalue weighted by Gasteiger charge is -2.37. The molecule has 0 fully saturated rings. The Hall–Kier alpha value is -0.620. The van der Waals surface area contributed by atoms with E-state index in [0.717, 1.165) is 31.7 Å². The third-order valence-corrected chi connectivity index (χ3v) is 4.34. The van der Waals surface area contributed by atoms with Crippen LogP contribution in [0.4, 0.5) is 0 Å². The lowest BCUT2D eigenvalue weighted by molar-refractivity contribution is -0.0318. The minimum atomic E-state index is -0.324. The van der Waals surface area contributed by atoms with Crippen LogP contribution in [0.15, 0.2) is 6.20 Å². The summed E-state index contributed by atoms with van der Waals surface area (Å²) in [6, 6.07) is 0.00895. The van der Waals surface area contributed by atoms with Crippen LogP contribution in [0.5, 0.6) is 0 Å². The normalized spacial score (nSPS) is 16.2. The van der Waals surface area contributed by atoms with Gasteiger partial charge in [-0.2, -0.15) is 5.10 Å². The van der Waals surface area contributed by atoms with Gasteiger partial charge < -0.3 is 15.0 Å². The molecule has 0 saturated carbocycles. The van der Waals surface area contributed by atoms with Crippen molar-refractivity contribution < 1.29 is 4.74 Å². The minimum Gasteiger partial charge on any atom is -0.376 e. The molecule has 0 aliphatic rings. The average molecular weight is 317 g/mol. The average Bonchev–Trinajstić information content (AvgIpc) is 2.82. The van der Waals surface area contributed by atoms with Crippen LogP contribution in [0.3, 0.4) is 0 Å². The van der Waals surface area contributed by atoms with Crippen molar-refractivity contribution in [2.24, 2.45) is 0 Å².